The zero-order chi connectivity index (χ0) is 17.5. The van der Waals surface area contributed by atoms with Crippen molar-refractivity contribution in [3.05, 3.63) is 89.8 Å². The first-order valence-electron chi connectivity index (χ1n) is 8.37. The van der Waals surface area contributed by atoms with Crippen LogP contribution in [0.1, 0.15) is 0 Å². The van der Waals surface area contributed by atoms with Gasteiger partial charge >= 0.3 is 0 Å². The van der Waals surface area contributed by atoms with Gasteiger partial charge in [0.1, 0.15) is 5.82 Å². The van der Waals surface area contributed by atoms with E-state index in [9.17, 15) is 0 Å². The molecule has 0 aliphatic rings. The van der Waals surface area contributed by atoms with Crippen molar-refractivity contribution in [3.8, 4) is 16.9 Å². The van der Waals surface area contributed by atoms with Crippen LogP contribution in [0.2, 0.25) is 0 Å². The number of aromatic nitrogens is 3. The predicted octanol–water partition coefficient (Wildman–Crippen LogP) is 6.00. The number of nitrogens with zero attached hydrogens (tertiary/aromatic N) is 3. The molecule has 0 atom stereocenters. The van der Waals surface area contributed by atoms with Crippen molar-refractivity contribution in [2.75, 3.05) is 0 Å². The zero-order valence-electron chi connectivity index (χ0n) is 13.8. The predicted molar refractivity (Wildman–Crippen MR) is 110 cm³/mol. The lowest BCUT2D eigenvalue weighted by atomic mass is 10.1. The lowest BCUT2D eigenvalue weighted by Gasteiger charge is -2.08. The number of hydrogen-bond donors (Lipinski definition) is 0. The van der Waals surface area contributed by atoms with Crippen LogP contribution in [0.15, 0.2) is 89.8 Å². The molecule has 0 spiro atoms. The van der Waals surface area contributed by atoms with Crippen LogP contribution >= 0.6 is 15.9 Å². The van der Waals surface area contributed by atoms with Gasteiger partial charge in [-0.2, -0.15) is 0 Å². The Hall–Kier alpha value is -2.98. The molecule has 0 saturated heterocycles. The van der Waals surface area contributed by atoms with E-state index < -0.39 is 0 Å². The topological polar surface area (TPSA) is 30.7 Å². The molecule has 0 aliphatic carbocycles. The minimum absolute atomic E-state index is 0.904. The molecule has 0 fully saturated rings. The van der Waals surface area contributed by atoms with E-state index >= 15 is 0 Å². The van der Waals surface area contributed by atoms with E-state index in [-0.39, 0.29) is 0 Å². The van der Waals surface area contributed by atoms with Crippen LogP contribution < -0.4 is 0 Å². The number of pyridine rings is 2. The highest BCUT2D eigenvalue weighted by molar-refractivity contribution is 9.10. The molecule has 5 aromatic rings. The van der Waals surface area contributed by atoms with Gasteiger partial charge in [-0.25, -0.2) is 4.98 Å². The third kappa shape index (κ3) is 2.42. The summed E-state index contributed by atoms with van der Waals surface area (Å²) >= 11 is 3.53. The second kappa shape index (κ2) is 6.07. The highest BCUT2D eigenvalue weighted by Gasteiger charge is 2.12. The van der Waals surface area contributed by atoms with Crippen molar-refractivity contribution in [1.82, 2.24) is 14.5 Å². The molecule has 4 heteroatoms. The van der Waals surface area contributed by atoms with E-state index in [0.29, 0.717) is 0 Å². The summed E-state index contributed by atoms with van der Waals surface area (Å²) in [4.78, 5) is 9.05. The van der Waals surface area contributed by atoms with Gasteiger partial charge in [0.05, 0.1) is 11.0 Å². The van der Waals surface area contributed by atoms with Gasteiger partial charge in [0, 0.05) is 39.4 Å². The Kier molecular flexibility index (Phi) is 3.57. The number of fused-ring (bicyclic) bond motifs is 3. The maximum Gasteiger partial charge on any atom is 0.137 e. The van der Waals surface area contributed by atoms with Crippen LogP contribution in [0, 0.1) is 0 Å². The fourth-order valence-corrected chi connectivity index (χ4v) is 3.82. The monoisotopic (exact) mass is 399 g/mol. The molecule has 0 radical (unpaired) electrons. The van der Waals surface area contributed by atoms with Crippen molar-refractivity contribution in [2.45, 2.75) is 0 Å². The van der Waals surface area contributed by atoms with Crippen LogP contribution in [0.3, 0.4) is 0 Å². The van der Waals surface area contributed by atoms with E-state index in [4.69, 9.17) is 4.98 Å². The van der Waals surface area contributed by atoms with Crippen LogP contribution in [0.5, 0.6) is 0 Å². The van der Waals surface area contributed by atoms with Gasteiger partial charge in [0.2, 0.25) is 0 Å². The van der Waals surface area contributed by atoms with E-state index in [1.54, 1.807) is 0 Å². The summed E-state index contributed by atoms with van der Waals surface area (Å²) < 4.78 is 3.26. The van der Waals surface area contributed by atoms with Gasteiger partial charge in [-0.1, -0.05) is 46.3 Å². The molecule has 124 valence electrons. The molecule has 0 N–H and O–H groups in total. The van der Waals surface area contributed by atoms with Crippen molar-refractivity contribution >= 4 is 37.7 Å². The van der Waals surface area contributed by atoms with Crippen molar-refractivity contribution in [1.29, 1.82) is 0 Å². The summed E-state index contributed by atoms with van der Waals surface area (Å²) in [6.45, 7) is 0. The average molecular weight is 400 g/mol. The fraction of sp³-hybridized carbons (Fsp3) is 0. The molecular formula is C22H14BrN3. The normalized spacial score (nSPS) is 11.3. The highest BCUT2D eigenvalue weighted by atomic mass is 79.9. The molecule has 3 aromatic heterocycles. The quantitative estimate of drug-likeness (QED) is 0.364. The maximum absolute atomic E-state index is 4.75. The van der Waals surface area contributed by atoms with Gasteiger partial charge in [0.25, 0.3) is 0 Å². The summed E-state index contributed by atoms with van der Waals surface area (Å²) in [6.07, 6.45) is 5.68. The van der Waals surface area contributed by atoms with E-state index in [1.807, 2.05) is 36.8 Å². The van der Waals surface area contributed by atoms with Gasteiger partial charge in [-0.15, -0.1) is 0 Å². The largest absolute Gasteiger partial charge is 0.294 e. The number of para-hydroxylation sites is 1. The van der Waals surface area contributed by atoms with E-state index in [1.165, 1.54) is 5.39 Å². The standard InChI is InChI=1S/C22H14BrN3/c23-17-5-3-4-15(12-17)16-8-9-22(25-13-16)26-20-7-2-1-6-18(20)19-14-24-11-10-21(19)26/h1-14H. The number of hydrogen-bond acceptors (Lipinski definition) is 2. The SMILES string of the molecule is Brc1cccc(-c2ccc(-n3c4ccccc4c4cnccc43)nc2)c1. The van der Waals surface area contributed by atoms with Crippen molar-refractivity contribution < 1.29 is 0 Å². The molecule has 0 bridgehead atoms. The van der Waals surface area contributed by atoms with Crippen LogP contribution in [0.4, 0.5) is 0 Å². The molecule has 26 heavy (non-hydrogen) atoms. The minimum Gasteiger partial charge on any atom is -0.294 e. The number of benzene rings is 2. The van der Waals surface area contributed by atoms with Gasteiger partial charge in [-0.05, 0) is 42.0 Å². The summed E-state index contributed by atoms with van der Waals surface area (Å²) in [5.41, 5.74) is 4.49. The van der Waals surface area contributed by atoms with Crippen LogP contribution in [-0.2, 0) is 0 Å². The molecule has 5 rings (SSSR count). The smallest absolute Gasteiger partial charge is 0.137 e. The van der Waals surface area contributed by atoms with Gasteiger partial charge in [0.15, 0.2) is 0 Å². The Morgan fingerprint density at radius 2 is 1.62 bits per heavy atom. The first kappa shape index (κ1) is 15.3. The van der Waals surface area contributed by atoms with Crippen LogP contribution in [-0.4, -0.2) is 14.5 Å². The fourth-order valence-electron chi connectivity index (χ4n) is 3.42. The number of rotatable bonds is 2. The third-order valence-electron chi connectivity index (χ3n) is 4.61. The second-order valence-corrected chi connectivity index (χ2v) is 7.08. The Bertz CT molecular complexity index is 1190. The van der Waals surface area contributed by atoms with Gasteiger partial charge < -0.3 is 0 Å². The summed E-state index contributed by atoms with van der Waals surface area (Å²) in [6, 6.07) is 22.9. The lowest BCUT2D eigenvalue weighted by Crippen LogP contribution is -1.97. The first-order chi connectivity index (χ1) is 12.8. The molecule has 3 heterocycles. The highest BCUT2D eigenvalue weighted by Crippen LogP contribution is 2.31. The third-order valence-corrected chi connectivity index (χ3v) is 5.10. The molecule has 0 aliphatic heterocycles. The molecule has 0 amide bonds. The Morgan fingerprint density at radius 1 is 0.731 bits per heavy atom. The summed E-state index contributed by atoms with van der Waals surface area (Å²) in [5.74, 6) is 0.904. The zero-order valence-corrected chi connectivity index (χ0v) is 15.4. The summed E-state index contributed by atoms with van der Waals surface area (Å²) in [7, 11) is 0. The average Bonchev–Trinajstić information content (AvgIpc) is 3.03. The summed E-state index contributed by atoms with van der Waals surface area (Å²) in [5, 5.41) is 2.33. The molecular weight excluding hydrogens is 386 g/mol. The van der Waals surface area contributed by atoms with Crippen molar-refractivity contribution in [2.24, 2.45) is 0 Å². The molecule has 0 saturated carbocycles. The first-order valence-corrected chi connectivity index (χ1v) is 9.16. The Labute approximate surface area is 159 Å². The molecule has 3 nitrogen and oxygen atoms in total. The Morgan fingerprint density at radius 3 is 2.46 bits per heavy atom. The molecule has 2 aromatic carbocycles. The van der Waals surface area contributed by atoms with Crippen molar-refractivity contribution in [3.63, 3.8) is 0 Å². The van der Waals surface area contributed by atoms with Gasteiger partial charge in [-0.3, -0.25) is 9.55 Å². The maximum atomic E-state index is 4.75. The minimum atomic E-state index is 0.904. The van der Waals surface area contributed by atoms with E-state index in [2.05, 4.69) is 74.0 Å². The van der Waals surface area contributed by atoms with E-state index in [0.717, 1.165) is 37.8 Å². The van der Waals surface area contributed by atoms with Crippen LogP contribution in [0.25, 0.3) is 38.8 Å². The number of halogens is 1. The Balaban J connectivity index is 1.70. The second-order valence-electron chi connectivity index (χ2n) is 6.16. The molecule has 0 unspecified atom stereocenters. The lowest BCUT2D eigenvalue weighted by molar-refractivity contribution is 1.08.